The van der Waals surface area contributed by atoms with Crippen molar-refractivity contribution < 1.29 is 8.94 Å². The van der Waals surface area contributed by atoms with Crippen LogP contribution in [0.25, 0.3) is 23.0 Å². The normalized spacial score (nSPS) is 10.4. The van der Waals surface area contributed by atoms with Gasteiger partial charge in [-0.1, -0.05) is 5.16 Å². The van der Waals surface area contributed by atoms with Crippen LogP contribution in [0.4, 0.5) is 0 Å². The van der Waals surface area contributed by atoms with Gasteiger partial charge in [-0.3, -0.25) is 0 Å². The number of aromatic amines is 1. The maximum absolute atomic E-state index is 8.74. The van der Waals surface area contributed by atoms with E-state index >= 15 is 0 Å². The number of nitriles is 1. The van der Waals surface area contributed by atoms with Crippen molar-refractivity contribution in [2.45, 2.75) is 6.92 Å². The van der Waals surface area contributed by atoms with Crippen molar-refractivity contribution in [2.24, 2.45) is 0 Å². The molecular weight excluding hydrogens is 232 g/mol. The Hall–Kier alpha value is -2.81. The molecule has 0 saturated carbocycles. The van der Waals surface area contributed by atoms with Gasteiger partial charge in [0.2, 0.25) is 5.82 Å². The van der Waals surface area contributed by atoms with E-state index in [2.05, 4.69) is 15.1 Å². The standard InChI is InChI=1S/C12H8N4O2/c1-7-9(2-3-17-7)11-15-12(18-16-11)10-4-8(5-13)6-14-10/h2-4,6,14H,1H3. The van der Waals surface area contributed by atoms with E-state index in [0.717, 1.165) is 11.3 Å². The van der Waals surface area contributed by atoms with E-state index in [9.17, 15) is 0 Å². The lowest BCUT2D eigenvalue weighted by Crippen LogP contribution is -1.80. The molecular formula is C12H8N4O2. The molecule has 0 bridgehead atoms. The Kier molecular flexibility index (Phi) is 2.24. The van der Waals surface area contributed by atoms with E-state index in [-0.39, 0.29) is 0 Å². The van der Waals surface area contributed by atoms with Crippen molar-refractivity contribution in [3.05, 3.63) is 35.9 Å². The fourth-order valence-electron chi connectivity index (χ4n) is 1.64. The number of rotatable bonds is 2. The molecule has 0 fully saturated rings. The predicted octanol–water partition coefficient (Wildman–Crippen LogP) is 2.50. The predicted molar refractivity (Wildman–Crippen MR) is 61.2 cm³/mol. The third-order valence-corrected chi connectivity index (χ3v) is 2.57. The Morgan fingerprint density at radius 1 is 1.44 bits per heavy atom. The van der Waals surface area contributed by atoms with Crippen LogP contribution in [0.3, 0.4) is 0 Å². The van der Waals surface area contributed by atoms with Crippen molar-refractivity contribution in [1.82, 2.24) is 15.1 Å². The van der Waals surface area contributed by atoms with E-state index in [1.165, 1.54) is 0 Å². The minimum absolute atomic E-state index is 0.340. The lowest BCUT2D eigenvalue weighted by molar-refractivity contribution is 0.431. The number of nitrogens with zero attached hydrogens (tertiary/aromatic N) is 3. The average Bonchev–Trinajstić information content (AvgIpc) is 3.07. The van der Waals surface area contributed by atoms with Crippen LogP contribution in [0.15, 0.2) is 33.5 Å². The van der Waals surface area contributed by atoms with Crippen LogP contribution in [0.2, 0.25) is 0 Å². The number of H-pyrrole nitrogens is 1. The Labute approximate surface area is 102 Å². The van der Waals surface area contributed by atoms with Crippen molar-refractivity contribution >= 4 is 0 Å². The van der Waals surface area contributed by atoms with Crippen molar-refractivity contribution in [3.8, 4) is 29.0 Å². The van der Waals surface area contributed by atoms with Crippen molar-refractivity contribution in [3.63, 3.8) is 0 Å². The molecule has 3 heterocycles. The van der Waals surface area contributed by atoms with Crippen LogP contribution in [-0.4, -0.2) is 15.1 Å². The summed E-state index contributed by atoms with van der Waals surface area (Å²) in [5.41, 5.74) is 1.92. The summed E-state index contributed by atoms with van der Waals surface area (Å²) in [6, 6.07) is 5.45. The van der Waals surface area contributed by atoms with Gasteiger partial charge in [-0.25, -0.2) is 0 Å². The molecule has 18 heavy (non-hydrogen) atoms. The average molecular weight is 240 g/mol. The largest absolute Gasteiger partial charge is 0.469 e. The van der Waals surface area contributed by atoms with Gasteiger partial charge in [0, 0.05) is 6.20 Å². The van der Waals surface area contributed by atoms with Gasteiger partial charge in [0.25, 0.3) is 5.89 Å². The molecule has 0 spiro atoms. The zero-order valence-corrected chi connectivity index (χ0v) is 9.47. The smallest absolute Gasteiger partial charge is 0.274 e. The first kappa shape index (κ1) is 10.4. The quantitative estimate of drug-likeness (QED) is 0.742. The lowest BCUT2D eigenvalue weighted by Gasteiger charge is -1.87. The van der Waals surface area contributed by atoms with E-state index < -0.39 is 0 Å². The summed E-state index contributed by atoms with van der Waals surface area (Å²) in [6.45, 7) is 1.83. The molecule has 0 saturated heterocycles. The summed E-state index contributed by atoms with van der Waals surface area (Å²) in [7, 11) is 0. The maximum Gasteiger partial charge on any atom is 0.274 e. The Bertz CT molecular complexity index is 729. The first-order chi connectivity index (χ1) is 8.78. The van der Waals surface area contributed by atoms with Crippen LogP contribution >= 0.6 is 0 Å². The van der Waals surface area contributed by atoms with E-state index in [1.54, 1.807) is 24.6 Å². The third kappa shape index (κ3) is 1.58. The minimum atomic E-state index is 0.340. The van der Waals surface area contributed by atoms with E-state index in [0.29, 0.717) is 23.0 Å². The molecule has 0 radical (unpaired) electrons. The second kappa shape index (κ2) is 3.89. The second-order valence-electron chi connectivity index (χ2n) is 3.73. The monoisotopic (exact) mass is 240 g/mol. The molecule has 6 nitrogen and oxygen atoms in total. The first-order valence-electron chi connectivity index (χ1n) is 5.25. The first-order valence-corrected chi connectivity index (χ1v) is 5.25. The molecule has 0 aliphatic rings. The summed E-state index contributed by atoms with van der Waals surface area (Å²) in [4.78, 5) is 7.16. The van der Waals surface area contributed by atoms with Crippen LogP contribution in [0.5, 0.6) is 0 Å². The molecule has 1 N–H and O–H groups in total. The molecule has 0 aliphatic carbocycles. The number of hydrogen-bond acceptors (Lipinski definition) is 5. The number of furan rings is 1. The van der Waals surface area contributed by atoms with Gasteiger partial charge >= 0.3 is 0 Å². The molecule has 88 valence electrons. The highest BCUT2D eigenvalue weighted by Crippen LogP contribution is 2.24. The fraction of sp³-hybridized carbons (Fsp3) is 0.0833. The zero-order valence-electron chi connectivity index (χ0n) is 9.47. The Balaban J connectivity index is 1.99. The number of hydrogen-bond donors (Lipinski definition) is 1. The molecule has 6 heteroatoms. The SMILES string of the molecule is Cc1occc1-c1noc(-c2cc(C#N)c[nH]2)n1. The molecule has 3 rings (SSSR count). The number of aromatic nitrogens is 3. The summed E-state index contributed by atoms with van der Waals surface area (Å²) < 4.78 is 10.3. The van der Waals surface area contributed by atoms with Crippen LogP contribution in [0.1, 0.15) is 11.3 Å². The molecule has 0 aromatic carbocycles. The van der Waals surface area contributed by atoms with Crippen molar-refractivity contribution in [1.29, 1.82) is 5.26 Å². The minimum Gasteiger partial charge on any atom is -0.469 e. The van der Waals surface area contributed by atoms with E-state index in [1.807, 2.05) is 13.0 Å². The number of aryl methyl sites for hydroxylation is 1. The summed E-state index contributed by atoms with van der Waals surface area (Å²) >= 11 is 0. The molecule has 0 amide bonds. The van der Waals surface area contributed by atoms with Gasteiger partial charge in [0.1, 0.15) is 17.5 Å². The molecule has 3 aromatic rings. The Morgan fingerprint density at radius 3 is 3.00 bits per heavy atom. The molecule has 0 atom stereocenters. The van der Waals surface area contributed by atoms with Gasteiger partial charge in [-0.2, -0.15) is 10.2 Å². The van der Waals surface area contributed by atoms with Crippen molar-refractivity contribution in [2.75, 3.05) is 0 Å². The summed E-state index contributed by atoms with van der Waals surface area (Å²) in [6.07, 6.45) is 3.16. The molecule has 0 aliphatic heterocycles. The van der Waals surface area contributed by atoms with Crippen LogP contribution < -0.4 is 0 Å². The highest BCUT2D eigenvalue weighted by molar-refractivity contribution is 5.60. The van der Waals surface area contributed by atoms with E-state index in [4.69, 9.17) is 14.2 Å². The van der Waals surface area contributed by atoms with Gasteiger partial charge < -0.3 is 13.9 Å². The maximum atomic E-state index is 8.74. The van der Waals surface area contributed by atoms with Gasteiger partial charge in [-0.05, 0) is 19.1 Å². The second-order valence-corrected chi connectivity index (χ2v) is 3.73. The lowest BCUT2D eigenvalue weighted by atomic mass is 10.2. The van der Waals surface area contributed by atoms with Gasteiger partial charge in [-0.15, -0.1) is 0 Å². The fourth-order valence-corrected chi connectivity index (χ4v) is 1.64. The van der Waals surface area contributed by atoms with Gasteiger partial charge in [0.15, 0.2) is 0 Å². The highest BCUT2D eigenvalue weighted by Gasteiger charge is 2.14. The summed E-state index contributed by atoms with van der Waals surface area (Å²) in [5, 5.41) is 12.6. The number of nitrogens with one attached hydrogen (secondary N) is 1. The zero-order chi connectivity index (χ0) is 12.5. The topological polar surface area (TPSA) is 91.6 Å². The van der Waals surface area contributed by atoms with Crippen LogP contribution in [0, 0.1) is 18.3 Å². The highest BCUT2D eigenvalue weighted by atomic mass is 16.5. The van der Waals surface area contributed by atoms with Gasteiger partial charge in [0.05, 0.1) is 17.4 Å². The summed E-state index contributed by atoms with van der Waals surface area (Å²) in [5.74, 6) is 1.53. The molecule has 3 aromatic heterocycles. The third-order valence-electron chi connectivity index (χ3n) is 2.57. The molecule has 0 unspecified atom stereocenters. The Morgan fingerprint density at radius 2 is 2.33 bits per heavy atom. The van der Waals surface area contributed by atoms with Crippen LogP contribution in [-0.2, 0) is 0 Å².